The van der Waals surface area contributed by atoms with Crippen LogP contribution in [0.15, 0.2) is 16.9 Å². The molecule has 16 heavy (non-hydrogen) atoms. The van der Waals surface area contributed by atoms with E-state index in [1.165, 1.54) is 6.20 Å². The summed E-state index contributed by atoms with van der Waals surface area (Å²) in [6, 6.07) is 1.72. The highest BCUT2D eigenvalue weighted by Crippen LogP contribution is 2.17. The van der Waals surface area contributed by atoms with Crippen LogP contribution in [0.4, 0.5) is 5.69 Å². The van der Waals surface area contributed by atoms with Gasteiger partial charge < -0.3 is 0 Å². The number of pyridine rings is 1. The Kier molecular flexibility index (Phi) is 5.01. The van der Waals surface area contributed by atoms with Gasteiger partial charge in [-0.25, -0.2) is 13.4 Å². The van der Waals surface area contributed by atoms with Gasteiger partial charge in [-0.1, -0.05) is 0 Å². The monoisotopic (exact) mass is 326 g/mol. The molecule has 4 nitrogen and oxygen atoms in total. The van der Waals surface area contributed by atoms with Crippen LogP contribution in [-0.4, -0.2) is 25.0 Å². The molecule has 0 atom stereocenters. The zero-order valence-corrected chi connectivity index (χ0v) is 11.9. The summed E-state index contributed by atoms with van der Waals surface area (Å²) in [5, 5.41) is 0. The van der Waals surface area contributed by atoms with Crippen molar-refractivity contribution < 1.29 is 8.42 Å². The summed E-state index contributed by atoms with van der Waals surface area (Å²) in [6.07, 6.45) is 1.90. The van der Waals surface area contributed by atoms with Crippen molar-refractivity contribution in [3.8, 4) is 0 Å². The normalized spacial score (nSPS) is 11.4. The van der Waals surface area contributed by atoms with Gasteiger partial charge in [0.15, 0.2) is 0 Å². The maximum absolute atomic E-state index is 11.5. The number of rotatable bonds is 5. The highest BCUT2D eigenvalue weighted by atomic mass is 79.9. The summed E-state index contributed by atoms with van der Waals surface area (Å²) in [7, 11) is -3.32. The van der Waals surface area contributed by atoms with Gasteiger partial charge in [0.25, 0.3) is 0 Å². The van der Waals surface area contributed by atoms with Gasteiger partial charge in [-0.3, -0.25) is 4.72 Å². The van der Waals surface area contributed by atoms with E-state index in [4.69, 9.17) is 11.6 Å². The topological polar surface area (TPSA) is 59.1 Å². The first kappa shape index (κ1) is 13.7. The average molecular weight is 328 g/mol. The molecule has 1 rings (SSSR count). The maximum Gasteiger partial charge on any atom is 0.232 e. The van der Waals surface area contributed by atoms with Gasteiger partial charge in [0, 0.05) is 5.88 Å². The Morgan fingerprint density at radius 2 is 2.25 bits per heavy atom. The van der Waals surface area contributed by atoms with E-state index in [2.05, 4.69) is 25.6 Å². The number of anilines is 1. The number of nitrogens with one attached hydrogen (secondary N) is 1. The van der Waals surface area contributed by atoms with Crippen LogP contribution in [0.2, 0.25) is 0 Å². The van der Waals surface area contributed by atoms with E-state index >= 15 is 0 Å². The first-order valence-electron chi connectivity index (χ1n) is 4.63. The summed E-state index contributed by atoms with van der Waals surface area (Å²) in [5.74, 6) is 0.351. The molecular weight excluding hydrogens is 316 g/mol. The second-order valence-electron chi connectivity index (χ2n) is 3.30. The molecule has 1 aromatic heterocycles. The minimum absolute atomic E-state index is 0.0195. The highest BCUT2D eigenvalue weighted by Gasteiger charge is 2.10. The Morgan fingerprint density at radius 1 is 1.56 bits per heavy atom. The van der Waals surface area contributed by atoms with Crippen LogP contribution in [0.1, 0.15) is 12.0 Å². The van der Waals surface area contributed by atoms with Crippen LogP contribution in [-0.2, 0) is 10.0 Å². The van der Waals surface area contributed by atoms with E-state index < -0.39 is 10.0 Å². The number of aromatic nitrogens is 1. The molecule has 0 aliphatic heterocycles. The second kappa shape index (κ2) is 5.84. The molecule has 0 radical (unpaired) electrons. The third-order valence-electron chi connectivity index (χ3n) is 1.83. The SMILES string of the molecule is Cc1cc(NS(=O)(=O)CCCCl)cnc1Br. The fraction of sp³-hybridized carbons (Fsp3) is 0.444. The van der Waals surface area contributed by atoms with Crippen molar-refractivity contribution in [3.63, 3.8) is 0 Å². The molecule has 0 amide bonds. The average Bonchev–Trinajstić information content (AvgIpc) is 2.20. The van der Waals surface area contributed by atoms with Gasteiger partial charge in [-0.2, -0.15) is 0 Å². The molecule has 0 bridgehead atoms. The first-order valence-corrected chi connectivity index (χ1v) is 7.61. The number of nitrogens with zero attached hydrogens (tertiary/aromatic N) is 1. The molecule has 0 aliphatic rings. The standard InChI is InChI=1S/C9H12BrClN2O2S/c1-7-5-8(6-12-9(7)10)13-16(14,15)4-2-3-11/h5-6,13H,2-4H2,1H3. The predicted molar refractivity (Wildman–Crippen MR) is 69.4 cm³/mol. The Morgan fingerprint density at radius 3 is 2.81 bits per heavy atom. The summed E-state index contributed by atoms with van der Waals surface area (Å²) in [6.45, 7) is 1.84. The van der Waals surface area contributed by atoms with Crippen molar-refractivity contribution in [3.05, 3.63) is 22.4 Å². The number of alkyl halides is 1. The smallest absolute Gasteiger partial charge is 0.232 e. The van der Waals surface area contributed by atoms with Crippen LogP contribution in [0.3, 0.4) is 0 Å². The van der Waals surface area contributed by atoms with E-state index in [1.54, 1.807) is 6.07 Å². The van der Waals surface area contributed by atoms with Gasteiger partial charge in [0.2, 0.25) is 10.0 Å². The molecule has 0 aliphatic carbocycles. The van der Waals surface area contributed by atoms with Crippen molar-refractivity contribution in [2.75, 3.05) is 16.4 Å². The lowest BCUT2D eigenvalue weighted by atomic mass is 10.3. The van der Waals surface area contributed by atoms with Gasteiger partial charge in [-0.15, -0.1) is 11.6 Å². The van der Waals surface area contributed by atoms with Crippen molar-refractivity contribution in [2.24, 2.45) is 0 Å². The Bertz CT molecular complexity index is 465. The molecule has 0 aromatic carbocycles. The zero-order chi connectivity index (χ0) is 12.2. The minimum Gasteiger partial charge on any atom is -0.282 e. The van der Waals surface area contributed by atoms with Gasteiger partial charge in [0.05, 0.1) is 17.6 Å². The fourth-order valence-corrected chi connectivity index (χ4v) is 2.70. The van der Waals surface area contributed by atoms with Crippen LogP contribution in [0, 0.1) is 6.92 Å². The lowest BCUT2D eigenvalue weighted by molar-refractivity contribution is 0.600. The molecule has 0 unspecified atom stereocenters. The van der Waals surface area contributed by atoms with E-state index in [1.807, 2.05) is 6.92 Å². The van der Waals surface area contributed by atoms with E-state index in [0.29, 0.717) is 22.6 Å². The zero-order valence-electron chi connectivity index (χ0n) is 8.70. The number of hydrogen-bond donors (Lipinski definition) is 1. The molecular formula is C9H12BrClN2O2S. The largest absolute Gasteiger partial charge is 0.282 e. The summed E-state index contributed by atoms with van der Waals surface area (Å²) >= 11 is 8.69. The number of aryl methyl sites for hydroxylation is 1. The lowest BCUT2D eigenvalue weighted by Crippen LogP contribution is -2.17. The minimum atomic E-state index is -3.32. The molecule has 0 fully saturated rings. The number of hydrogen-bond acceptors (Lipinski definition) is 3. The van der Waals surface area contributed by atoms with E-state index in [9.17, 15) is 8.42 Å². The fourth-order valence-electron chi connectivity index (χ4n) is 1.09. The highest BCUT2D eigenvalue weighted by molar-refractivity contribution is 9.10. The Labute approximate surface area is 109 Å². The molecule has 0 saturated heterocycles. The maximum atomic E-state index is 11.5. The Hall–Kier alpha value is -0.330. The van der Waals surface area contributed by atoms with Crippen LogP contribution in [0.25, 0.3) is 0 Å². The molecule has 1 aromatic rings. The number of sulfonamides is 1. The van der Waals surface area contributed by atoms with Crippen LogP contribution < -0.4 is 4.72 Å². The van der Waals surface area contributed by atoms with Crippen molar-refractivity contribution >= 4 is 43.2 Å². The molecule has 0 spiro atoms. The summed E-state index contributed by atoms with van der Waals surface area (Å²) in [4.78, 5) is 4.01. The third-order valence-corrected chi connectivity index (χ3v) is 4.30. The van der Waals surface area contributed by atoms with E-state index in [-0.39, 0.29) is 5.75 Å². The lowest BCUT2D eigenvalue weighted by Gasteiger charge is -2.07. The number of halogens is 2. The van der Waals surface area contributed by atoms with Crippen molar-refractivity contribution in [1.82, 2.24) is 4.98 Å². The molecule has 1 heterocycles. The van der Waals surface area contributed by atoms with Gasteiger partial charge in [-0.05, 0) is 40.9 Å². The predicted octanol–water partition coefficient (Wildman–Crippen LogP) is 2.52. The summed E-state index contributed by atoms with van der Waals surface area (Å²) < 4.78 is 26.2. The van der Waals surface area contributed by atoms with Crippen molar-refractivity contribution in [2.45, 2.75) is 13.3 Å². The quantitative estimate of drug-likeness (QED) is 0.668. The first-order chi connectivity index (χ1) is 7.44. The summed E-state index contributed by atoms with van der Waals surface area (Å²) in [5.41, 5.74) is 1.34. The molecule has 0 saturated carbocycles. The molecule has 1 N–H and O–H groups in total. The van der Waals surface area contributed by atoms with Crippen LogP contribution in [0.5, 0.6) is 0 Å². The van der Waals surface area contributed by atoms with Crippen LogP contribution >= 0.6 is 27.5 Å². The van der Waals surface area contributed by atoms with Crippen molar-refractivity contribution in [1.29, 1.82) is 0 Å². The van der Waals surface area contributed by atoms with Gasteiger partial charge in [0.1, 0.15) is 4.60 Å². The van der Waals surface area contributed by atoms with E-state index in [0.717, 1.165) is 5.56 Å². The Balaban J connectivity index is 2.76. The molecule has 90 valence electrons. The third kappa shape index (κ3) is 4.27. The van der Waals surface area contributed by atoms with Gasteiger partial charge >= 0.3 is 0 Å². The molecule has 7 heteroatoms. The second-order valence-corrected chi connectivity index (χ2v) is 6.27.